The van der Waals surface area contributed by atoms with E-state index in [1.807, 2.05) is 0 Å². The van der Waals surface area contributed by atoms with Crippen LogP contribution < -0.4 is 9.47 Å². The van der Waals surface area contributed by atoms with Crippen LogP contribution in [0.25, 0.3) is 0 Å². The van der Waals surface area contributed by atoms with E-state index in [0.29, 0.717) is 16.5 Å². The third-order valence-corrected chi connectivity index (χ3v) is 6.98. The van der Waals surface area contributed by atoms with E-state index in [4.69, 9.17) is 25.8 Å². The number of amides is 1. The normalized spacial score (nSPS) is 14.6. The van der Waals surface area contributed by atoms with Crippen LogP contribution in [0, 0.1) is 0 Å². The fraction of sp³-hybridized carbons (Fsp3) is 0.333. The van der Waals surface area contributed by atoms with Crippen LogP contribution in [-0.2, 0) is 24.3 Å². The molecule has 1 aliphatic rings. The van der Waals surface area contributed by atoms with Gasteiger partial charge in [-0.15, -0.1) is 0 Å². The quantitative estimate of drug-likeness (QED) is 0.528. The number of hydrogen-bond acceptors (Lipinski definition) is 7. The van der Waals surface area contributed by atoms with Gasteiger partial charge in [-0.2, -0.15) is 4.31 Å². The SMILES string of the molecule is COc1ccc(OCC(=O)OCC(=O)N2CCN(S(=O)(=O)c3ccc(Cl)cc3)CC2)cc1. The summed E-state index contributed by atoms with van der Waals surface area (Å²) in [5.41, 5.74) is 0. The van der Waals surface area contributed by atoms with Crippen molar-refractivity contribution in [2.24, 2.45) is 0 Å². The van der Waals surface area contributed by atoms with Gasteiger partial charge in [-0.1, -0.05) is 11.6 Å². The summed E-state index contributed by atoms with van der Waals surface area (Å²) in [5, 5.41) is 0.448. The van der Waals surface area contributed by atoms with Gasteiger partial charge in [0.2, 0.25) is 10.0 Å². The molecule has 2 aromatic carbocycles. The second kappa shape index (κ2) is 10.7. The topological polar surface area (TPSA) is 102 Å². The molecule has 0 atom stereocenters. The van der Waals surface area contributed by atoms with Crippen LogP contribution in [-0.4, -0.2) is 76.0 Å². The van der Waals surface area contributed by atoms with Crippen molar-refractivity contribution >= 4 is 33.5 Å². The van der Waals surface area contributed by atoms with Gasteiger partial charge in [0.1, 0.15) is 11.5 Å². The van der Waals surface area contributed by atoms with E-state index in [1.165, 1.54) is 33.5 Å². The Morgan fingerprint density at radius 2 is 1.50 bits per heavy atom. The first-order valence-electron chi connectivity index (χ1n) is 9.75. The summed E-state index contributed by atoms with van der Waals surface area (Å²) in [4.78, 5) is 25.8. The first-order chi connectivity index (χ1) is 15.3. The minimum Gasteiger partial charge on any atom is -0.497 e. The van der Waals surface area contributed by atoms with E-state index in [0.717, 1.165) is 0 Å². The summed E-state index contributed by atoms with van der Waals surface area (Å²) in [6.07, 6.45) is 0. The number of nitrogens with zero attached hydrogens (tertiary/aromatic N) is 2. The van der Waals surface area contributed by atoms with Gasteiger partial charge in [0.05, 0.1) is 12.0 Å². The Kier molecular flexibility index (Phi) is 7.94. The van der Waals surface area contributed by atoms with Crippen LogP contribution in [0.5, 0.6) is 11.5 Å². The van der Waals surface area contributed by atoms with E-state index in [9.17, 15) is 18.0 Å². The predicted molar refractivity (Wildman–Crippen MR) is 116 cm³/mol. The summed E-state index contributed by atoms with van der Waals surface area (Å²) in [5.74, 6) is 0.0446. The molecule has 0 spiro atoms. The standard InChI is InChI=1S/C21H23ClN2O7S/c1-29-17-4-6-18(7-5-17)30-15-21(26)31-14-20(25)23-10-12-24(13-11-23)32(27,28)19-8-2-16(22)3-9-19/h2-9H,10-15H2,1H3. The number of piperazine rings is 1. The summed E-state index contributed by atoms with van der Waals surface area (Å²) in [7, 11) is -2.12. The Hall–Kier alpha value is -2.82. The molecule has 1 amide bonds. The fourth-order valence-corrected chi connectivity index (χ4v) is 4.57. The smallest absolute Gasteiger partial charge is 0.344 e. The molecule has 0 saturated carbocycles. The number of methoxy groups -OCH3 is 1. The summed E-state index contributed by atoms with van der Waals surface area (Å²) in [6, 6.07) is 12.6. The number of hydrogen-bond donors (Lipinski definition) is 0. The highest BCUT2D eigenvalue weighted by Gasteiger charge is 2.30. The van der Waals surface area contributed by atoms with E-state index in [1.54, 1.807) is 31.4 Å². The largest absolute Gasteiger partial charge is 0.497 e. The second-order valence-corrected chi connectivity index (χ2v) is 9.24. The molecule has 0 radical (unpaired) electrons. The summed E-state index contributed by atoms with van der Waals surface area (Å²) in [6.45, 7) is -0.0883. The third-order valence-electron chi connectivity index (χ3n) is 4.82. The number of ether oxygens (including phenoxy) is 3. The van der Waals surface area contributed by atoms with Crippen LogP contribution in [0.3, 0.4) is 0 Å². The Bertz CT molecular complexity index is 1030. The maximum absolute atomic E-state index is 12.7. The monoisotopic (exact) mass is 482 g/mol. The van der Waals surface area contributed by atoms with Gasteiger partial charge in [0.15, 0.2) is 13.2 Å². The van der Waals surface area contributed by atoms with Gasteiger partial charge in [-0.25, -0.2) is 13.2 Å². The number of sulfonamides is 1. The van der Waals surface area contributed by atoms with Gasteiger partial charge in [0.25, 0.3) is 5.91 Å². The molecule has 1 heterocycles. The van der Waals surface area contributed by atoms with Crippen molar-refractivity contribution in [2.45, 2.75) is 4.90 Å². The van der Waals surface area contributed by atoms with Crippen molar-refractivity contribution in [3.8, 4) is 11.5 Å². The highest BCUT2D eigenvalue weighted by molar-refractivity contribution is 7.89. The van der Waals surface area contributed by atoms with E-state index in [-0.39, 0.29) is 37.7 Å². The Morgan fingerprint density at radius 3 is 2.09 bits per heavy atom. The maximum Gasteiger partial charge on any atom is 0.344 e. The number of carbonyl (C=O) groups excluding carboxylic acids is 2. The van der Waals surface area contributed by atoms with Crippen LogP contribution in [0.4, 0.5) is 0 Å². The van der Waals surface area contributed by atoms with Crippen molar-refractivity contribution < 1.29 is 32.2 Å². The minimum atomic E-state index is -3.66. The molecular weight excluding hydrogens is 460 g/mol. The molecule has 2 aromatic rings. The molecule has 0 aliphatic carbocycles. The maximum atomic E-state index is 12.7. The van der Waals surface area contributed by atoms with Gasteiger partial charge in [-0.3, -0.25) is 4.79 Å². The average molecular weight is 483 g/mol. The number of rotatable bonds is 8. The zero-order valence-electron chi connectivity index (χ0n) is 17.4. The molecule has 0 aromatic heterocycles. The van der Waals surface area contributed by atoms with Crippen molar-refractivity contribution in [3.63, 3.8) is 0 Å². The third kappa shape index (κ3) is 6.12. The molecule has 1 fully saturated rings. The zero-order valence-corrected chi connectivity index (χ0v) is 19.0. The average Bonchev–Trinajstić information content (AvgIpc) is 2.82. The van der Waals surface area contributed by atoms with Crippen molar-refractivity contribution in [3.05, 3.63) is 53.6 Å². The molecule has 0 bridgehead atoms. The van der Waals surface area contributed by atoms with Crippen molar-refractivity contribution in [1.29, 1.82) is 0 Å². The molecule has 0 N–H and O–H groups in total. The molecular formula is C21H23ClN2O7S. The molecule has 0 unspecified atom stereocenters. The molecule has 3 rings (SSSR count). The molecule has 172 valence electrons. The van der Waals surface area contributed by atoms with Crippen LogP contribution in [0.1, 0.15) is 0 Å². The number of benzene rings is 2. The van der Waals surface area contributed by atoms with Gasteiger partial charge >= 0.3 is 5.97 Å². The molecule has 1 saturated heterocycles. The van der Waals surface area contributed by atoms with Crippen LogP contribution in [0.2, 0.25) is 5.02 Å². The number of carbonyl (C=O) groups is 2. The predicted octanol–water partition coefficient (Wildman–Crippen LogP) is 1.80. The van der Waals surface area contributed by atoms with Crippen LogP contribution >= 0.6 is 11.6 Å². The lowest BCUT2D eigenvalue weighted by Crippen LogP contribution is -2.51. The highest BCUT2D eigenvalue weighted by Crippen LogP contribution is 2.20. The summed E-state index contributed by atoms with van der Waals surface area (Å²) < 4.78 is 42.0. The Balaban J connectivity index is 1.42. The molecule has 32 heavy (non-hydrogen) atoms. The van der Waals surface area contributed by atoms with E-state index in [2.05, 4.69) is 0 Å². The van der Waals surface area contributed by atoms with Crippen LogP contribution in [0.15, 0.2) is 53.4 Å². The number of halogens is 1. The first-order valence-corrected chi connectivity index (χ1v) is 11.6. The summed E-state index contributed by atoms with van der Waals surface area (Å²) >= 11 is 5.81. The highest BCUT2D eigenvalue weighted by atomic mass is 35.5. The van der Waals surface area contributed by atoms with E-state index < -0.39 is 28.5 Å². The zero-order chi connectivity index (χ0) is 23.1. The lowest BCUT2D eigenvalue weighted by atomic mass is 10.3. The second-order valence-electron chi connectivity index (χ2n) is 6.86. The Morgan fingerprint density at radius 1 is 0.906 bits per heavy atom. The first kappa shape index (κ1) is 23.8. The Labute approximate surface area is 191 Å². The van der Waals surface area contributed by atoms with Crippen molar-refractivity contribution in [1.82, 2.24) is 9.21 Å². The lowest BCUT2D eigenvalue weighted by Gasteiger charge is -2.33. The lowest BCUT2D eigenvalue weighted by molar-refractivity contribution is -0.154. The number of esters is 1. The van der Waals surface area contributed by atoms with E-state index >= 15 is 0 Å². The molecule has 9 nitrogen and oxygen atoms in total. The minimum absolute atomic E-state index is 0.144. The molecule has 11 heteroatoms. The van der Waals surface area contributed by atoms with Gasteiger partial charge in [-0.05, 0) is 48.5 Å². The van der Waals surface area contributed by atoms with Gasteiger partial charge < -0.3 is 19.1 Å². The fourth-order valence-electron chi connectivity index (χ4n) is 3.02. The molecule has 1 aliphatic heterocycles. The van der Waals surface area contributed by atoms with Crippen molar-refractivity contribution in [2.75, 3.05) is 46.5 Å². The van der Waals surface area contributed by atoms with Gasteiger partial charge in [0, 0.05) is 31.2 Å².